The van der Waals surface area contributed by atoms with Crippen LogP contribution in [0.4, 0.5) is 10.1 Å². The summed E-state index contributed by atoms with van der Waals surface area (Å²) in [6.07, 6.45) is 0. The Labute approximate surface area is 111 Å². The first-order chi connectivity index (χ1) is 8.97. The van der Waals surface area contributed by atoms with Crippen molar-refractivity contribution in [2.75, 3.05) is 25.2 Å². The van der Waals surface area contributed by atoms with E-state index in [9.17, 15) is 9.18 Å². The molecule has 0 unspecified atom stereocenters. The van der Waals surface area contributed by atoms with Crippen molar-refractivity contribution in [3.63, 3.8) is 0 Å². The molecule has 0 radical (unpaired) electrons. The largest absolute Gasteiger partial charge is 0.377 e. The molecule has 2 rings (SSSR count). The van der Waals surface area contributed by atoms with Crippen LogP contribution in [0.3, 0.4) is 0 Å². The minimum Gasteiger partial charge on any atom is -0.377 e. The van der Waals surface area contributed by atoms with E-state index < -0.39 is 11.4 Å². The van der Waals surface area contributed by atoms with Crippen LogP contribution in [0.5, 0.6) is 0 Å². The zero-order chi connectivity index (χ0) is 14.0. The van der Waals surface area contributed by atoms with Gasteiger partial charge in [-0.2, -0.15) is 0 Å². The Morgan fingerprint density at radius 3 is 2.89 bits per heavy atom. The molecule has 0 spiro atoms. The Bertz CT molecular complexity index is 491. The van der Waals surface area contributed by atoms with Gasteiger partial charge in [-0.1, -0.05) is 6.07 Å². The number of morpholine rings is 1. The van der Waals surface area contributed by atoms with Crippen molar-refractivity contribution in [1.29, 1.82) is 0 Å². The number of nitrogens with two attached hydrogens (primary N) is 1. The third kappa shape index (κ3) is 2.54. The van der Waals surface area contributed by atoms with E-state index in [1.54, 1.807) is 11.0 Å². The molecule has 1 amide bonds. The second-order valence-electron chi connectivity index (χ2n) is 5.13. The van der Waals surface area contributed by atoms with Gasteiger partial charge in [-0.25, -0.2) is 4.39 Å². The Morgan fingerprint density at radius 1 is 1.53 bits per heavy atom. The lowest BCUT2D eigenvalue weighted by Crippen LogP contribution is -2.55. The highest BCUT2D eigenvalue weighted by atomic mass is 19.1. The van der Waals surface area contributed by atoms with Crippen LogP contribution in [0.15, 0.2) is 18.2 Å². The van der Waals surface area contributed by atoms with E-state index in [1.807, 2.05) is 13.8 Å². The van der Waals surface area contributed by atoms with Crippen LogP contribution in [-0.4, -0.2) is 36.1 Å². The Morgan fingerprint density at radius 2 is 2.26 bits per heavy atom. The number of anilines is 1. The van der Waals surface area contributed by atoms with Crippen molar-refractivity contribution < 1.29 is 13.9 Å². The number of carbonyl (C=O) groups excluding carboxylic acids is 1. The topological polar surface area (TPSA) is 67.6 Å². The van der Waals surface area contributed by atoms with E-state index in [4.69, 9.17) is 10.6 Å². The summed E-state index contributed by atoms with van der Waals surface area (Å²) in [6, 6.07) is 4.32. The summed E-state index contributed by atoms with van der Waals surface area (Å²) in [7, 11) is 0. The number of benzene rings is 1. The molecule has 1 heterocycles. The zero-order valence-electron chi connectivity index (χ0n) is 11.1. The fourth-order valence-electron chi connectivity index (χ4n) is 2.23. The predicted molar refractivity (Wildman–Crippen MR) is 70.1 cm³/mol. The summed E-state index contributed by atoms with van der Waals surface area (Å²) in [4.78, 5) is 14.2. The number of carbonyl (C=O) groups is 1. The lowest BCUT2D eigenvalue weighted by Gasteiger charge is -2.42. The molecule has 1 aliphatic rings. The van der Waals surface area contributed by atoms with Crippen LogP contribution in [0, 0.1) is 5.82 Å². The molecule has 1 aromatic carbocycles. The third-order valence-corrected chi connectivity index (χ3v) is 3.28. The Balaban J connectivity index is 2.36. The smallest absolute Gasteiger partial charge is 0.256 e. The molecule has 6 heteroatoms. The van der Waals surface area contributed by atoms with Crippen LogP contribution < -0.4 is 11.3 Å². The Hall–Kier alpha value is -1.66. The number of rotatable bonds is 2. The highest BCUT2D eigenvalue weighted by Gasteiger charge is 2.35. The highest BCUT2D eigenvalue weighted by Crippen LogP contribution is 2.26. The van der Waals surface area contributed by atoms with Gasteiger partial charge in [0.05, 0.1) is 30.0 Å². The van der Waals surface area contributed by atoms with Crippen molar-refractivity contribution in [2.45, 2.75) is 19.4 Å². The lowest BCUT2D eigenvalue weighted by atomic mass is 10.0. The number of amides is 1. The molecular formula is C13H18FN3O2. The molecule has 5 nitrogen and oxygen atoms in total. The van der Waals surface area contributed by atoms with E-state index in [0.717, 1.165) is 0 Å². The number of ether oxygens (including phenoxy) is 1. The lowest BCUT2D eigenvalue weighted by molar-refractivity contribution is -0.0370. The molecule has 1 saturated heterocycles. The molecule has 19 heavy (non-hydrogen) atoms. The van der Waals surface area contributed by atoms with E-state index in [0.29, 0.717) is 19.8 Å². The summed E-state index contributed by atoms with van der Waals surface area (Å²) in [6.45, 7) is 5.25. The molecule has 0 aromatic heterocycles. The van der Waals surface area contributed by atoms with Crippen molar-refractivity contribution in [1.82, 2.24) is 4.90 Å². The molecule has 0 saturated carbocycles. The number of hydrogen-bond donors (Lipinski definition) is 2. The summed E-state index contributed by atoms with van der Waals surface area (Å²) >= 11 is 0. The fourth-order valence-corrected chi connectivity index (χ4v) is 2.23. The fraction of sp³-hybridized carbons (Fsp3) is 0.462. The van der Waals surface area contributed by atoms with Crippen LogP contribution >= 0.6 is 0 Å². The summed E-state index contributed by atoms with van der Waals surface area (Å²) in [5.74, 6) is 4.51. The van der Waals surface area contributed by atoms with Crippen LogP contribution in [-0.2, 0) is 4.74 Å². The number of hydrazine groups is 1. The van der Waals surface area contributed by atoms with Gasteiger partial charge in [0.15, 0.2) is 0 Å². The maximum atomic E-state index is 13.6. The van der Waals surface area contributed by atoms with E-state index in [1.165, 1.54) is 12.1 Å². The van der Waals surface area contributed by atoms with Gasteiger partial charge in [0.25, 0.3) is 5.91 Å². The number of nitrogens with one attached hydrogen (secondary N) is 1. The van der Waals surface area contributed by atoms with Crippen molar-refractivity contribution in [3.8, 4) is 0 Å². The number of nitrogen functional groups attached to an aromatic ring is 1. The molecule has 1 fully saturated rings. The minimum absolute atomic E-state index is 0.0230. The van der Waals surface area contributed by atoms with Crippen LogP contribution in [0.1, 0.15) is 24.2 Å². The van der Waals surface area contributed by atoms with Gasteiger partial charge in [-0.15, -0.1) is 0 Å². The van der Waals surface area contributed by atoms with E-state index in [2.05, 4.69) is 5.43 Å². The predicted octanol–water partition coefficient (Wildman–Crippen LogP) is 1.36. The van der Waals surface area contributed by atoms with Crippen molar-refractivity contribution >= 4 is 11.6 Å². The number of halogens is 1. The summed E-state index contributed by atoms with van der Waals surface area (Å²) in [5.41, 5.74) is 2.09. The first-order valence-corrected chi connectivity index (χ1v) is 6.12. The van der Waals surface area contributed by atoms with Gasteiger partial charge in [-0.05, 0) is 26.0 Å². The molecule has 1 aliphatic heterocycles. The van der Waals surface area contributed by atoms with Gasteiger partial charge in [0.1, 0.15) is 5.82 Å². The number of nitrogens with zero attached hydrogens (tertiary/aromatic N) is 1. The average molecular weight is 267 g/mol. The SMILES string of the molecule is CC1(C)COCCN1C(=O)c1cccc(F)c1NN. The average Bonchev–Trinajstić information content (AvgIpc) is 2.37. The second-order valence-corrected chi connectivity index (χ2v) is 5.13. The molecule has 0 atom stereocenters. The molecule has 0 bridgehead atoms. The van der Waals surface area contributed by atoms with Gasteiger partial charge in [0.2, 0.25) is 0 Å². The number of para-hydroxylation sites is 1. The maximum Gasteiger partial charge on any atom is 0.256 e. The van der Waals surface area contributed by atoms with Gasteiger partial charge < -0.3 is 15.1 Å². The standard InChI is InChI=1S/C13H18FN3O2/c1-13(2)8-19-7-6-17(13)12(18)9-4-3-5-10(14)11(9)16-15/h3-5,16H,6-8,15H2,1-2H3. The van der Waals surface area contributed by atoms with Crippen LogP contribution in [0.25, 0.3) is 0 Å². The minimum atomic E-state index is -0.542. The molecule has 104 valence electrons. The second kappa shape index (κ2) is 5.14. The summed E-state index contributed by atoms with van der Waals surface area (Å²) < 4.78 is 19.0. The molecule has 1 aromatic rings. The van der Waals surface area contributed by atoms with Crippen molar-refractivity contribution in [2.24, 2.45) is 5.84 Å². The third-order valence-electron chi connectivity index (χ3n) is 3.28. The van der Waals surface area contributed by atoms with Crippen LogP contribution in [0.2, 0.25) is 0 Å². The van der Waals surface area contributed by atoms with Gasteiger partial charge in [-0.3, -0.25) is 10.6 Å². The highest BCUT2D eigenvalue weighted by molar-refractivity contribution is 6.00. The zero-order valence-corrected chi connectivity index (χ0v) is 11.1. The van der Waals surface area contributed by atoms with Gasteiger partial charge >= 0.3 is 0 Å². The first kappa shape index (κ1) is 13.8. The summed E-state index contributed by atoms with van der Waals surface area (Å²) in [5, 5.41) is 0. The van der Waals surface area contributed by atoms with E-state index >= 15 is 0 Å². The molecular weight excluding hydrogens is 249 g/mol. The molecule has 0 aliphatic carbocycles. The quantitative estimate of drug-likeness (QED) is 0.627. The van der Waals surface area contributed by atoms with Crippen molar-refractivity contribution in [3.05, 3.63) is 29.6 Å². The van der Waals surface area contributed by atoms with Gasteiger partial charge in [0, 0.05) is 6.54 Å². The maximum absolute atomic E-state index is 13.6. The first-order valence-electron chi connectivity index (χ1n) is 6.12. The number of hydrogen-bond acceptors (Lipinski definition) is 4. The normalized spacial score (nSPS) is 18.2. The molecule has 3 N–H and O–H groups in total. The van der Waals surface area contributed by atoms with E-state index in [-0.39, 0.29) is 17.2 Å². The Kier molecular flexibility index (Phi) is 3.73. The monoisotopic (exact) mass is 267 g/mol.